The molecule has 0 aliphatic rings. The highest BCUT2D eigenvalue weighted by molar-refractivity contribution is 9.10. The van der Waals surface area contributed by atoms with Gasteiger partial charge in [-0.3, -0.25) is 0 Å². The molecule has 0 unspecified atom stereocenters. The number of benzene rings is 2. The van der Waals surface area contributed by atoms with E-state index in [1.165, 1.54) is 13.2 Å². The lowest BCUT2D eigenvalue weighted by Crippen LogP contribution is -1.98. The predicted molar refractivity (Wildman–Crippen MR) is 75.8 cm³/mol. The van der Waals surface area contributed by atoms with Crippen molar-refractivity contribution < 1.29 is 13.9 Å². The molecule has 2 rings (SSSR count). The van der Waals surface area contributed by atoms with Crippen molar-refractivity contribution in [2.75, 3.05) is 12.8 Å². The maximum absolute atomic E-state index is 13.5. The number of ether oxygens (including phenoxy) is 2. The fourth-order valence-corrected chi connectivity index (χ4v) is 2.12. The zero-order chi connectivity index (χ0) is 13.8. The van der Waals surface area contributed by atoms with Crippen molar-refractivity contribution in [3.63, 3.8) is 0 Å². The lowest BCUT2D eigenvalue weighted by molar-refractivity contribution is 0.304. The van der Waals surface area contributed by atoms with Gasteiger partial charge in [0.05, 0.1) is 7.11 Å². The Bertz CT molecular complexity index is 569. The standard InChI is InChI=1S/C14H13BrFNO2/c1-18-14-3-2-9(4-13(14)16)8-19-12-6-10(15)5-11(17)7-12/h2-7H,8,17H2,1H3. The second kappa shape index (κ2) is 5.93. The number of rotatable bonds is 4. The van der Waals surface area contributed by atoms with E-state index in [4.69, 9.17) is 15.2 Å². The van der Waals surface area contributed by atoms with E-state index in [-0.39, 0.29) is 12.4 Å². The Morgan fingerprint density at radius 1 is 1.21 bits per heavy atom. The van der Waals surface area contributed by atoms with Gasteiger partial charge in [0, 0.05) is 16.2 Å². The molecule has 19 heavy (non-hydrogen) atoms. The van der Waals surface area contributed by atoms with E-state index in [9.17, 15) is 4.39 Å². The van der Waals surface area contributed by atoms with Crippen molar-refractivity contribution >= 4 is 21.6 Å². The highest BCUT2D eigenvalue weighted by atomic mass is 79.9. The van der Waals surface area contributed by atoms with Gasteiger partial charge in [-0.1, -0.05) is 22.0 Å². The fraction of sp³-hybridized carbons (Fsp3) is 0.143. The van der Waals surface area contributed by atoms with Crippen LogP contribution in [0, 0.1) is 5.82 Å². The minimum atomic E-state index is -0.405. The minimum Gasteiger partial charge on any atom is -0.494 e. The molecule has 0 radical (unpaired) electrons. The maximum Gasteiger partial charge on any atom is 0.165 e. The van der Waals surface area contributed by atoms with Crippen molar-refractivity contribution in [2.24, 2.45) is 0 Å². The smallest absolute Gasteiger partial charge is 0.165 e. The minimum absolute atomic E-state index is 0.218. The summed E-state index contributed by atoms with van der Waals surface area (Å²) in [7, 11) is 1.43. The van der Waals surface area contributed by atoms with Crippen LogP contribution in [0.15, 0.2) is 40.9 Å². The lowest BCUT2D eigenvalue weighted by Gasteiger charge is -2.09. The Balaban J connectivity index is 2.08. The monoisotopic (exact) mass is 325 g/mol. The van der Waals surface area contributed by atoms with Crippen LogP contribution in [0.4, 0.5) is 10.1 Å². The van der Waals surface area contributed by atoms with E-state index in [2.05, 4.69) is 15.9 Å². The summed E-state index contributed by atoms with van der Waals surface area (Å²) >= 11 is 3.33. The summed E-state index contributed by atoms with van der Waals surface area (Å²) in [5.41, 5.74) is 7.03. The average Bonchev–Trinajstić information content (AvgIpc) is 2.35. The Morgan fingerprint density at radius 3 is 2.63 bits per heavy atom. The summed E-state index contributed by atoms with van der Waals surface area (Å²) in [5, 5.41) is 0. The molecule has 0 aliphatic heterocycles. The van der Waals surface area contributed by atoms with Crippen molar-refractivity contribution in [3.05, 3.63) is 52.3 Å². The van der Waals surface area contributed by atoms with Crippen LogP contribution in [0.3, 0.4) is 0 Å². The van der Waals surface area contributed by atoms with Gasteiger partial charge in [0.15, 0.2) is 11.6 Å². The van der Waals surface area contributed by atoms with Gasteiger partial charge in [-0.2, -0.15) is 0 Å². The van der Waals surface area contributed by atoms with Gasteiger partial charge in [-0.15, -0.1) is 0 Å². The molecule has 0 aromatic heterocycles. The molecule has 2 N–H and O–H groups in total. The molecule has 0 aliphatic carbocycles. The van der Waals surface area contributed by atoms with Crippen LogP contribution in [0.5, 0.6) is 11.5 Å². The summed E-state index contributed by atoms with van der Waals surface area (Å²) in [5.74, 6) is 0.441. The summed E-state index contributed by atoms with van der Waals surface area (Å²) in [6.45, 7) is 0.261. The van der Waals surface area contributed by atoms with Crippen LogP contribution in [0.25, 0.3) is 0 Å². The lowest BCUT2D eigenvalue weighted by atomic mass is 10.2. The second-order valence-electron chi connectivity index (χ2n) is 3.98. The van der Waals surface area contributed by atoms with Gasteiger partial charge in [-0.05, 0) is 29.8 Å². The van der Waals surface area contributed by atoms with Gasteiger partial charge < -0.3 is 15.2 Å². The van der Waals surface area contributed by atoms with E-state index >= 15 is 0 Å². The number of hydrogen-bond acceptors (Lipinski definition) is 3. The Morgan fingerprint density at radius 2 is 2.00 bits per heavy atom. The van der Waals surface area contributed by atoms with Crippen LogP contribution >= 0.6 is 15.9 Å². The first-order valence-corrected chi connectivity index (χ1v) is 6.39. The summed E-state index contributed by atoms with van der Waals surface area (Å²) < 4.78 is 24.8. The zero-order valence-corrected chi connectivity index (χ0v) is 11.9. The third-order valence-electron chi connectivity index (χ3n) is 2.52. The first-order chi connectivity index (χ1) is 9.08. The molecule has 0 heterocycles. The van der Waals surface area contributed by atoms with Crippen LogP contribution in [0.1, 0.15) is 5.56 Å². The Hall–Kier alpha value is -1.75. The number of methoxy groups -OCH3 is 1. The molecule has 0 atom stereocenters. The van der Waals surface area contributed by atoms with E-state index in [1.54, 1.807) is 30.3 Å². The first-order valence-electron chi connectivity index (χ1n) is 5.60. The SMILES string of the molecule is COc1ccc(COc2cc(N)cc(Br)c2)cc1F. The predicted octanol–water partition coefficient (Wildman–Crippen LogP) is 3.76. The Labute approximate surface area is 119 Å². The molecule has 0 bridgehead atoms. The number of nitrogens with two attached hydrogens (primary N) is 1. The van der Waals surface area contributed by atoms with Crippen LogP contribution in [-0.2, 0) is 6.61 Å². The molecule has 0 spiro atoms. The topological polar surface area (TPSA) is 44.5 Å². The van der Waals surface area contributed by atoms with Crippen molar-refractivity contribution in [3.8, 4) is 11.5 Å². The summed E-state index contributed by atoms with van der Waals surface area (Å²) in [6.07, 6.45) is 0. The first kappa shape index (κ1) is 13.7. The largest absolute Gasteiger partial charge is 0.494 e. The van der Waals surface area contributed by atoms with E-state index < -0.39 is 5.82 Å². The zero-order valence-electron chi connectivity index (χ0n) is 10.3. The van der Waals surface area contributed by atoms with Gasteiger partial charge in [-0.25, -0.2) is 4.39 Å². The summed E-state index contributed by atoms with van der Waals surface area (Å²) in [6, 6.07) is 10.0. The molecule has 5 heteroatoms. The normalized spacial score (nSPS) is 10.3. The average molecular weight is 326 g/mol. The Kier molecular flexibility index (Phi) is 4.27. The van der Waals surface area contributed by atoms with Crippen LogP contribution in [-0.4, -0.2) is 7.11 Å². The van der Waals surface area contributed by atoms with Crippen molar-refractivity contribution in [1.82, 2.24) is 0 Å². The molecule has 0 saturated carbocycles. The van der Waals surface area contributed by atoms with Gasteiger partial charge in [0.25, 0.3) is 0 Å². The highest BCUT2D eigenvalue weighted by Crippen LogP contribution is 2.24. The molecular formula is C14H13BrFNO2. The molecule has 0 fully saturated rings. The maximum atomic E-state index is 13.5. The number of hydrogen-bond donors (Lipinski definition) is 1. The molecule has 3 nitrogen and oxygen atoms in total. The van der Waals surface area contributed by atoms with Crippen molar-refractivity contribution in [2.45, 2.75) is 6.61 Å². The molecular weight excluding hydrogens is 313 g/mol. The number of anilines is 1. The van der Waals surface area contributed by atoms with E-state index in [0.29, 0.717) is 11.4 Å². The third kappa shape index (κ3) is 3.61. The van der Waals surface area contributed by atoms with Gasteiger partial charge >= 0.3 is 0 Å². The van der Waals surface area contributed by atoms with Crippen LogP contribution < -0.4 is 15.2 Å². The fourth-order valence-electron chi connectivity index (χ4n) is 1.63. The molecule has 100 valence electrons. The summed E-state index contributed by atoms with van der Waals surface area (Å²) in [4.78, 5) is 0. The van der Waals surface area contributed by atoms with E-state index in [1.807, 2.05) is 0 Å². The molecule has 0 amide bonds. The van der Waals surface area contributed by atoms with Crippen LogP contribution in [0.2, 0.25) is 0 Å². The molecule has 0 saturated heterocycles. The quantitative estimate of drug-likeness (QED) is 0.870. The van der Waals surface area contributed by atoms with Gasteiger partial charge in [0.2, 0.25) is 0 Å². The van der Waals surface area contributed by atoms with Crippen molar-refractivity contribution in [1.29, 1.82) is 0 Å². The van der Waals surface area contributed by atoms with E-state index in [0.717, 1.165) is 10.0 Å². The second-order valence-corrected chi connectivity index (χ2v) is 4.89. The third-order valence-corrected chi connectivity index (χ3v) is 2.97. The number of halogens is 2. The molecule has 2 aromatic rings. The van der Waals surface area contributed by atoms with Gasteiger partial charge in [0.1, 0.15) is 12.4 Å². The number of nitrogen functional groups attached to an aromatic ring is 1. The molecule has 2 aromatic carbocycles. The highest BCUT2D eigenvalue weighted by Gasteiger charge is 2.04.